The van der Waals surface area contributed by atoms with Gasteiger partial charge in [-0.05, 0) is 44.4 Å². The van der Waals surface area contributed by atoms with Crippen LogP contribution in [0.2, 0.25) is 0 Å². The van der Waals surface area contributed by atoms with E-state index in [4.69, 9.17) is 16.4 Å². The van der Waals surface area contributed by atoms with Crippen LogP contribution in [0.25, 0.3) is 34.2 Å². The second-order valence-electron chi connectivity index (χ2n) is 8.94. The average Bonchev–Trinajstić information content (AvgIpc) is 3.41. The van der Waals surface area contributed by atoms with E-state index in [0.717, 1.165) is 42.6 Å². The SMILES string of the molecule is C#C/C=C\c1nc(-c2c(C)nc3c(-c4ccccc4)c(C#N)[nH]n3c2=O)n(C2CCCCC2)c1C. The van der Waals surface area contributed by atoms with Gasteiger partial charge in [-0.3, -0.25) is 9.89 Å². The predicted octanol–water partition coefficient (Wildman–Crippen LogP) is 5.19. The monoisotopic (exact) mass is 462 g/mol. The molecule has 5 rings (SSSR count). The van der Waals surface area contributed by atoms with Crippen molar-refractivity contribution in [3.05, 3.63) is 69.5 Å². The number of H-pyrrole nitrogens is 1. The molecule has 4 aromatic rings. The van der Waals surface area contributed by atoms with Crippen LogP contribution in [0.3, 0.4) is 0 Å². The molecule has 1 aliphatic rings. The van der Waals surface area contributed by atoms with Crippen LogP contribution in [0.4, 0.5) is 0 Å². The maximum absolute atomic E-state index is 13.9. The lowest BCUT2D eigenvalue weighted by Crippen LogP contribution is -2.23. The van der Waals surface area contributed by atoms with Crippen LogP contribution in [0.1, 0.15) is 60.9 Å². The number of aromatic amines is 1. The molecule has 3 heterocycles. The zero-order valence-electron chi connectivity index (χ0n) is 19.9. The quantitative estimate of drug-likeness (QED) is 0.422. The number of hydrogen-bond donors (Lipinski definition) is 1. The molecule has 7 heteroatoms. The summed E-state index contributed by atoms with van der Waals surface area (Å²) >= 11 is 0. The van der Waals surface area contributed by atoms with Gasteiger partial charge in [0.25, 0.3) is 5.56 Å². The third kappa shape index (κ3) is 3.76. The first-order chi connectivity index (χ1) is 17.0. The third-order valence-electron chi connectivity index (χ3n) is 6.82. The van der Waals surface area contributed by atoms with Crippen molar-refractivity contribution in [1.29, 1.82) is 5.26 Å². The normalized spacial score (nSPS) is 14.4. The van der Waals surface area contributed by atoms with Crippen molar-refractivity contribution in [1.82, 2.24) is 24.1 Å². The van der Waals surface area contributed by atoms with Crippen LogP contribution in [0.15, 0.2) is 41.2 Å². The molecule has 0 amide bonds. The van der Waals surface area contributed by atoms with E-state index in [1.54, 1.807) is 6.08 Å². The van der Waals surface area contributed by atoms with E-state index in [2.05, 4.69) is 21.7 Å². The smallest absolute Gasteiger partial charge is 0.284 e. The number of allylic oxidation sites excluding steroid dienone is 1. The number of nitrogens with one attached hydrogen (secondary N) is 1. The Kier molecular flexibility index (Phi) is 5.84. The van der Waals surface area contributed by atoms with Gasteiger partial charge in [-0.2, -0.15) is 9.78 Å². The lowest BCUT2D eigenvalue weighted by Gasteiger charge is -2.26. The van der Waals surface area contributed by atoms with Crippen molar-refractivity contribution < 1.29 is 0 Å². The molecule has 3 aromatic heterocycles. The molecule has 174 valence electrons. The first-order valence-electron chi connectivity index (χ1n) is 11.9. The van der Waals surface area contributed by atoms with Gasteiger partial charge in [-0.25, -0.2) is 9.97 Å². The second-order valence-corrected chi connectivity index (χ2v) is 8.94. The Morgan fingerprint density at radius 1 is 1.11 bits per heavy atom. The summed E-state index contributed by atoms with van der Waals surface area (Å²) in [7, 11) is 0. The van der Waals surface area contributed by atoms with Gasteiger partial charge in [-0.1, -0.05) is 55.5 Å². The second kappa shape index (κ2) is 9.12. The Bertz CT molecular complexity index is 1580. The van der Waals surface area contributed by atoms with Crippen LogP contribution >= 0.6 is 0 Å². The van der Waals surface area contributed by atoms with Gasteiger partial charge in [0.05, 0.1) is 17.0 Å². The molecule has 0 radical (unpaired) electrons. The van der Waals surface area contributed by atoms with Crippen LogP contribution in [0.5, 0.6) is 0 Å². The Morgan fingerprint density at radius 3 is 2.54 bits per heavy atom. The Labute approximate surface area is 203 Å². The molecule has 35 heavy (non-hydrogen) atoms. The topological polar surface area (TPSA) is 91.8 Å². The number of benzene rings is 1. The van der Waals surface area contributed by atoms with Gasteiger partial charge < -0.3 is 4.57 Å². The molecule has 0 spiro atoms. The third-order valence-corrected chi connectivity index (χ3v) is 6.82. The molecule has 0 unspecified atom stereocenters. The standard InChI is InChI=1S/C28H26N6O/c1-4-5-16-22-19(3)33(21-14-10-7-11-15-21)26(31-22)24-18(2)30-27-25(20-12-8-6-9-13-20)23(17-29)32-34(27)28(24)35/h1,5-6,8-9,12-13,16,21,32H,7,10-11,14-15H2,2-3H3/b16-5-. The highest BCUT2D eigenvalue weighted by Crippen LogP contribution is 2.35. The Balaban J connectivity index is 1.78. The zero-order valence-corrected chi connectivity index (χ0v) is 19.9. The summed E-state index contributed by atoms with van der Waals surface area (Å²) in [4.78, 5) is 23.6. The number of aryl methyl sites for hydroxylation is 1. The van der Waals surface area contributed by atoms with Gasteiger partial charge in [-0.15, -0.1) is 6.42 Å². The van der Waals surface area contributed by atoms with Gasteiger partial charge >= 0.3 is 0 Å². The summed E-state index contributed by atoms with van der Waals surface area (Å²) in [5, 5.41) is 12.8. The van der Waals surface area contributed by atoms with Gasteiger partial charge in [0.15, 0.2) is 5.65 Å². The van der Waals surface area contributed by atoms with E-state index < -0.39 is 0 Å². The largest absolute Gasteiger partial charge is 0.324 e. The van der Waals surface area contributed by atoms with Crippen LogP contribution < -0.4 is 5.56 Å². The minimum absolute atomic E-state index is 0.261. The number of aromatic nitrogens is 5. The lowest BCUT2D eigenvalue weighted by molar-refractivity contribution is 0.351. The molecule has 1 N–H and O–H groups in total. The zero-order chi connectivity index (χ0) is 24.5. The molecule has 0 saturated heterocycles. The van der Waals surface area contributed by atoms with Crippen LogP contribution in [0, 0.1) is 37.5 Å². The molecular weight excluding hydrogens is 436 g/mol. The molecule has 1 fully saturated rings. The first kappa shape index (κ1) is 22.4. The highest BCUT2D eigenvalue weighted by molar-refractivity contribution is 5.82. The number of nitrogens with zero attached hydrogens (tertiary/aromatic N) is 5. The van der Waals surface area contributed by atoms with Crippen molar-refractivity contribution in [3.63, 3.8) is 0 Å². The van der Waals surface area contributed by atoms with E-state index in [1.165, 1.54) is 10.9 Å². The van der Waals surface area contributed by atoms with E-state index in [9.17, 15) is 10.1 Å². The maximum Gasteiger partial charge on any atom is 0.284 e. The van der Waals surface area contributed by atoms with E-state index in [1.807, 2.05) is 50.3 Å². The van der Waals surface area contributed by atoms with Crippen LogP contribution in [-0.2, 0) is 0 Å². The van der Waals surface area contributed by atoms with Gasteiger partial charge in [0, 0.05) is 11.7 Å². The summed E-state index contributed by atoms with van der Waals surface area (Å²) in [6.45, 7) is 3.85. The summed E-state index contributed by atoms with van der Waals surface area (Å²) in [5.41, 5.74) is 4.62. The first-order valence-corrected chi connectivity index (χ1v) is 11.9. The molecule has 0 bridgehead atoms. The predicted molar refractivity (Wildman–Crippen MR) is 137 cm³/mol. The van der Waals surface area contributed by atoms with E-state index in [0.29, 0.717) is 34.0 Å². The van der Waals surface area contributed by atoms with Gasteiger partial charge in [0.2, 0.25) is 0 Å². The molecule has 0 atom stereocenters. The highest BCUT2D eigenvalue weighted by Gasteiger charge is 2.27. The van der Waals surface area contributed by atoms with Crippen molar-refractivity contribution in [2.24, 2.45) is 0 Å². The fourth-order valence-corrected chi connectivity index (χ4v) is 5.17. The van der Waals surface area contributed by atoms with E-state index >= 15 is 0 Å². The summed E-state index contributed by atoms with van der Waals surface area (Å²) in [6, 6.07) is 12.0. The fraction of sp³-hybridized carbons (Fsp3) is 0.286. The number of nitriles is 1. The average molecular weight is 463 g/mol. The number of fused-ring (bicyclic) bond motifs is 1. The lowest BCUT2D eigenvalue weighted by atomic mass is 9.94. The van der Waals surface area contributed by atoms with Crippen molar-refractivity contribution in [2.45, 2.75) is 52.0 Å². The summed E-state index contributed by atoms with van der Waals surface area (Å²) in [6.07, 6.45) is 14.5. The molecule has 1 aromatic carbocycles. The minimum atomic E-state index is -0.277. The Hall–Kier alpha value is -4.36. The molecular formula is C28H26N6O. The van der Waals surface area contributed by atoms with Crippen molar-refractivity contribution in [3.8, 4) is 40.9 Å². The number of terminal acetylenes is 1. The Morgan fingerprint density at radius 2 is 1.86 bits per heavy atom. The molecule has 0 aliphatic heterocycles. The van der Waals surface area contributed by atoms with E-state index in [-0.39, 0.29) is 11.6 Å². The number of hydrogen-bond acceptors (Lipinski definition) is 4. The van der Waals surface area contributed by atoms with Crippen molar-refractivity contribution >= 4 is 11.7 Å². The fourth-order valence-electron chi connectivity index (χ4n) is 5.17. The molecule has 7 nitrogen and oxygen atoms in total. The van der Waals surface area contributed by atoms with Gasteiger partial charge in [0.1, 0.15) is 23.2 Å². The highest BCUT2D eigenvalue weighted by atomic mass is 16.1. The number of imidazole rings is 1. The number of rotatable bonds is 4. The van der Waals surface area contributed by atoms with Crippen LogP contribution in [-0.4, -0.2) is 24.1 Å². The minimum Gasteiger partial charge on any atom is -0.324 e. The molecule has 1 saturated carbocycles. The summed E-state index contributed by atoms with van der Waals surface area (Å²) < 4.78 is 3.56. The summed E-state index contributed by atoms with van der Waals surface area (Å²) in [5.74, 6) is 3.13. The van der Waals surface area contributed by atoms with Crippen molar-refractivity contribution in [2.75, 3.05) is 0 Å². The maximum atomic E-state index is 13.9. The molecule has 1 aliphatic carbocycles.